The molecule has 0 aliphatic carbocycles. The lowest BCUT2D eigenvalue weighted by atomic mass is 10.1. The van der Waals surface area contributed by atoms with Crippen molar-refractivity contribution >= 4 is 19.5 Å². The summed E-state index contributed by atoms with van der Waals surface area (Å²) in [7, 11) is 0.709. The van der Waals surface area contributed by atoms with Crippen LogP contribution in [0.25, 0.3) is 22.4 Å². The minimum Gasteiger partial charge on any atom is -0.493 e. The van der Waals surface area contributed by atoms with Crippen LogP contribution in [0.3, 0.4) is 0 Å². The summed E-state index contributed by atoms with van der Waals surface area (Å²) in [6, 6.07) is 9.73. The zero-order valence-electron chi connectivity index (χ0n) is 18.7. The van der Waals surface area contributed by atoms with E-state index in [0.717, 1.165) is 11.5 Å². The van der Waals surface area contributed by atoms with Crippen molar-refractivity contribution in [3.05, 3.63) is 75.2 Å². The van der Waals surface area contributed by atoms with Gasteiger partial charge in [-0.25, -0.2) is 13.8 Å². The molecule has 6 nitrogen and oxygen atoms in total. The molecule has 33 heavy (non-hydrogen) atoms. The van der Waals surface area contributed by atoms with Crippen LogP contribution < -0.4 is 10.3 Å². The Hall–Kier alpha value is -3.12. The zero-order chi connectivity index (χ0) is 23.5. The van der Waals surface area contributed by atoms with Gasteiger partial charge in [-0.05, 0) is 32.2 Å². The number of rotatable bonds is 8. The molecule has 0 fully saturated rings. The van der Waals surface area contributed by atoms with Crippen molar-refractivity contribution in [3.8, 4) is 17.3 Å². The monoisotopic (exact) mass is 470 g/mol. The van der Waals surface area contributed by atoms with Crippen LogP contribution in [0.5, 0.6) is 5.75 Å². The highest BCUT2D eigenvalue weighted by molar-refractivity contribution is 7.37. The Morgan fingerprint density at radius 1 is 1.15 bits per heavy atom. The van der Waals surface area contributed by atoms with Gasteiger partial charge in [0.15, 0.2) is 5.82 Å². The van der Waals surface area contributed by atoms with Gasteiger partial charge in [-0.2, -0.15) is 5.10 Å². The molecular weight excluding hydrogens is 445 g/mol. The minimum atomic E-state index is -0.695. The molecular formula is C24H25F2N4O2P. The normalized spacial score (nSPS) is 11.7. The first-order valence-electron chi connectivity index (χ1n) is 10.7. The predicted molar refractivity (Wildman–Crippen MR) is 128 cm³/mol. The van der Waals surface area contributed by atoms with E-state index in [1.807, 2.05) is 37.9 Å². The van der Waals surface area contributed by atoms with Crippen molar-refractivity contribution in [1.29, 1.82) is 0 Å². The molecule has 9 heteroatoms. The van der Waals surface area contributed by atoms with E-state index >= 15 is 0 Å². The summed E-state index contributed by atoms with van der Waals surface area (Å²) in [6.45, 7) is 6.02. The third kappa shape index (κ3) is 4.67. The van der Waals surface area contributed by atoms with Gasteiger partial charge in [-0.1, -0.05) is 25.1 Å². The summed E-state index contributed by atoms with van der Waals surface area (Å²) in [5, 5.41) is 5.31. The van der Waals surface area contributed by atoms with Crippen molar-refractivity contribution < 1.29 is 13.5 Å². The van der Waals surface area contributed by atoms with E-state index in [2.05, 4.69) is 15.1 Å². The Morgan fingerprint density at radius 3 is 2.55 bits per heavy atom. The van der Waals surface area contributed by atoms with Crippen molar-refractivity contribution in [2.75, 3.05) is 19.4 Å². The van der Waals surface area contributed by atoms with Gasteiger partial charge in [0.2, 0.25) is 0 Å². The van der Waals surface area contributed by atoms with Crippen molar-refractivity contribution in [3.63, 3.8) is 0 Å². The average Bonchev–Trinajstić information content (AvgIpc) is 3.15. The highest BCUT2D eigenvalue weighted by Gasteiger charge is 2.19. The molecule has 1 atom stereocenters. The van der Waals surface area contributed by atoms with E-state index < -0.39 is 11.6 Å². The molecule has 0 spiro atoms. The van der Waals surface area contributed by atoms with Crippen LogP contribution >= 0.6 is 8.58 Å². The lowest BCUT2D eigenvalue weighted by Crippen LogP contribution is -2.17. The van der Waals surface area contributed by atoms with Crippen LogP contribution in [0.4, 0.5) is 8.78 Å². The van der Waals surface area contributed by atoms with Crippen LogP contribution in [0.1, 0.15) is 23.7 Å². The SMILES string of the molecule is CCc1c(C)nc(-c2nn(Cc3c(F)cc(OCCPC)cc3F)c3ccccc23)[nH]c1=O. The van der Waals surface area contributed by atoms with Gasteiger partial charge in [-0.3, -0.25) is 9.48 Å². The number of hydrogen-bond donors (Lipinski definition) is 1. The number of hydrogen-bond acceptors (Lipinski definition) is 4. The fourth-order valence-electron chi connectivity index (χ4n) is 3.80. The van der Waals surface area contributed by atoms with Gasteiger partial charge >= 0.3 is 0 Å². The van der Waals surface area contributed by atoms with Gasteiger partial charge in [0.25, 0.3) is 5.56 Å². The third-order valence-corrected chi connectivity index (χ3v) is 6.21. The summed E-state index contributed by atoms with van der Waals surface area (Å²) in [5.74, 6) is -0.892. The molecule has 0 saturated carbocycles. The second kappa shape index (κ2) is 9.79. The standard InChI is InChI=1S/C24H25F2N4O2P/c1-4-16-14(2)27-23(28-24(16)31)22-17-7-5-6-8-21(17)30(29-22)13-18-19(25)11-15(12-20(18)26)32-9-10-33-3/h5-8,11-12,33H,4,9-10,13H2,1-3H3,(H,27,28,31). The summed E-state index contributed by atoms with van der Waals surface area (Å²) in [5.41, 5.74) is 2.05. The highest BCUT2D eigenvalue weighted by Crippen LogP contribution is 2.28. The Kier molecular flexibility index (Phi) is 6.84. The smallest absolute Gasteiger partial charge is 0.254 e. The van der Waals surface area contributed by atoms with Gasteiger partial charge < -0.3 is 9.72 Å². The van der Waals surface area contributed by atoms with E-state index in [0.29, 0.717) is 49.9 Å². The second-order valence-corrected chi connectivity index (χ2v) is 8.88. The van der Waals surface area contributed by atoms with Crippen LogP contribution in [0, 0.1) is 18.6 Å². The first-order valence-corrected chi connectivity index (χ1v) is 12.4. The summed E-state index contributed by atoms with van der Waals surface area (Å²) in [6.07, 6.45) is 1.41. The number of ether oxygens (including phenoxy) is 1. The van der Waals surface area contributed by atoms with Crippen molar-refractivity contribution in [2.45, 2.75) is 26.8 Å². The highest BCUT2D eigenvalue weighted by atomic mass is 31.1. The van der Waals surface area contributed by atoms with Crippen LogP contribution in [-0.4, -0.2) is 39.2 Å². The van der Waals surface area contributed by atoms with Crippen molar-refractivity contribution in [1.82, 2.24) is 19.7 Å². The van der Waals surface area contributed by atoms with Gasteiger partial charge in [-0.15, -0.1) is 8.58 Å². The summed E-state index contributed by atoms with van der Waals surface area (Å²) < 4.78 is 36.6. The second-order valence-electron chi connectivity index (χ2n) is 7.67. The van der Waals surface area contributed by atoms with Gasteiger partial charge in [0.1, 0.15) is 23.1 Å². The number of nitrogens with one attached hydrogen (secondary N) is 1. The molecule has 0 amide bonds. The Balaban J connectivity index is 1.75. The molecule has 0 aliphatic heterocycles. The molecule has 1 unspecified atom stereocenters. The predicted octanol–water partition coefficient (Wildman–Crippen LogP) is 4.67. The van der Waals surface area contributed by atoms with Crippen molar-refractivity contribution in [2.24, 2.45) is 0 Å². The van der Waals surface area contributed by atoms with E-state index in [9.17, 15) is 13.6 Å². The molecule has 0 bridgehead atoms. The Labute approximate surface area is 191 Å². The molecule has 2 heterocycles. The largest absolute Gasteiger partial charge is 0.493 e. The minimum absolute atomic E-state index is 0.113. The number of halogens is 2. The molecule has 0 aliphatic rings. The molecule has 4 aromatic rings. The number of H-pyrrole nitrogens is 1. The number of aryl methyl sites for hydroxylation is 1. The molecule has 2 aromatic carbocycles. The maximum absolute atomic E-state index is 14.8. The Morgan fingerprint density at radius 2 is 1.88 bits per heavy atom. The lowest BCUT2D eigenvalue weighted by molar-refractivity contribution is 0.338. The quantitative estimate of drug-likeness (QED) is 0.300. The first-order chi connectivity index (χ1) is 15.9. The summed E-state index contributed by atoms with van der Waals surface area (Å²) in [4.78, 5) is 19.8. The molecule has 1 N–H and O–H groups in total. The Bertz CT molecular complexity index is 1340. The number of fused-ring (bicyclic) bond motifs is 1. The third-order valence-electron chi connectivity index (χ3n) is 5.50. The zero-order valence-corrected chi connectivity index (χ0v) is 19.7. The first kappa shape index (κ1) is 23.1. The molecule has 4 rings (SSSR count). The fourth-order valence-corrected chi connectivity index (χ4v) is 4.10. The topological polar surface area (TPSA) is 72.8 Å². The maximum atomic E-state index is 14.8. The lowest BCUT2D eigenvalue weighted by Gasteiger charge is -2.10. The van der Waals surface area contributed by atoms with E-state index in [-0.39, 0.29) is 23.4 Å². The van der Waals surface area contributed by atoms with E-state index in [1.54, 1.807) is 6.92 Å². The average molecular weight is 470 g/mol. The fraction of sp³-hybridized carbons (Fsp3) is 0.292. The van der Waals surface area contributed by atoms with Crippen LogP contribution in [0.15, 0.2) is 41.2 Å². The number of aromatic nitrogens is 4. The molecule has 0 radical (unpaired) electrons. The van der Waals surface area contributed by atoms with Crippen LogP contribution in [0.2, 0.25) is 0 Å². The number of nitrogens with zero attached hydrogens (tertiary/aromatic N) is 3. The van der Waals surface area contributed by atoms with Gasteiger partial charge in [0, 0.05) is 34.3 Å². The molecule has 2 aromatic heterocycles. The van der Waals surface area contributed by atoms with Gasteiger partial charge in [0.05, 0.1) is 18.7 Å². The number of benzene rings is 2. The number of para-hydroxylation sites is 1. The number of aromatic amines is 1. The maximum Gasteiger partial charge on any atom is 0.254 e. The molecule has 172 valence electrons. The summed E-state index contributed by atoms with van der Waals surface area (Å²) >= 11 is 0. The van der Waals surface area contributed by atoms with E-state index in [4.69, 9.17) is 4.74 Å². The molecule has 0 saturated heterocycles. The van der Waals surface area contributed by atoms with E-state index in [1.165, 1.54) is 16.8 Å². The van der Waals surface area contributed by atoms with Crippen LogP contribution in [-0.2, 0) is 13.0 Å².